The predicted molar refractivity (Wildman–Crippen MR) is 89.7 cm³/mol. The van der Waals surface area contributed by atoms with Gasteiger partial charge in [0.15, 0.2) is 12.6 Å². The molecule has 1 aromatic rings. The van der Waals surface area contributed by atoms with Crippen molar-refractivity contribution < 1.29 is 23.7 Å². The van der Waals surface area contributed by atoms with Crippen molar-refractivity contribution in [2.75, 3.05) is 33.5 Å². The van der Waals surface area contributed by atoms with E-state index in [2.05, 4.69) is 0 Å². The Morgan fingerprint density at radius 2 is 1.09 bits per heavy atom. The van der Waals surface area contributed by atoms with Crippen LogP contribution in [0.2, 0.25) is 0 Å². The summed E-state index contributed by atoms with van der Waals surface area (Å²) in [6.07, 6.45) is -0.940. The Hall–Kier alpha value is -1.14. The van der Waals surface area contributed by atoms with Crippen molar-refractivity contribution in [1.82, 2.24) is 0 Å². The van der Waals surface area contributed by atoms with Crippen molar-refractivity contribution in [1.29, 1.82) is 0 Å². The fourth-order valence-electron chi connectivity index (χ4n) is 2.48. The van der Waals surface area contributed by atoms with E-state index in [9.17, 15) is 0 Å². The van der Waals surface area contributed by atoms with E-state index in [1.54, 1.807) is 7.11 Å². The van der Waals surface area contributed by atoms with Gasteiger partial charge in [-0.15, -0.1) is 0 Å². The lowest BCUT2D eigenvalue weighted by atomic mass is 10.0. The fraction of sp³-hybridized carbons (Fsp3) is 0.667. The maximum absolute atomic E-state index is 5.74. The molecule has 0 N–H and O–H groups in total. The standard InChI is InChI=1S/C18H30O5/c1-7-20-17(21-8-2)14-11-13(5)12-15(16(14)19-6)18(22-9-3)23-10-4/h11-12,17-18H,7-10H2,1-6H3. The summed E-state index contributed by atoms with van der Waals surface area (Å²) in [6, 6.07) is 4.04. The summed E-state index contributed by atoms with van der Waals surface area (Å²) in [4.78, 5) is 0. The topological polar surface area (TPSA) is 46.2 Å². The molecule has 0 aliphatic rings. The van der Waals surface area contributed by atoms with Gasteiger partial charge >= 0.3 is 0 Å². The number of rotatable bonds is 11. The summed E-state index contributed by atoms with van der Waals surface area (Å²) < 4.78 is 28.6. The molecule has 0 radical (unpaired) electrons. The van der Waals surface area contributed by atoms with Gasteiger partial charge in [-0.1, -0.05) is 0 Å². The first-order chi connectivity index (χ1) is 11.1. The molecule has 0 aliphatic carbocycles. The quantitative estimate of drug-likeness (QED) is 0.572. The van der Waals surface area contributed by atoms with E-state index in [1.165, 1.54) is 0 Å². The number of hydrogen-bond donors (Lipinski definition) is 0. The van der Waals surface area contributed by atoms with Gasteiger partial charge in [-0.25, -0.2) is 0 Å². The van der Waals surface area contributed by atoms with Gasteiger partial charge in [-0.2, -0.15) is 0 Å². The molecule has 132 valence electrons. The summed E-state index contributed by atoms with van der Waals surface area (Å²) in [7, 11) is 1.64. The van der Waals surface area contributed by atoms with Gasteiger partial charge in [0.1, 0.15) is 5.75 Å². The minimum atomic E-state index is -0.470. The van der Waals surface area contributed by atoms with Crippen LogP contribution < -0.4 is 4.74 Å². The zero-order chi connectivity index (χ0) is 17.2. The zero-order valence-corrected chi connectivity index (χ0v) is 15.2. The number of aryl methyl sites for hydroxylation is 1. The van der Waals surface area contributed by atoms with Crippen molar-refractivity contribution >= 4 is 0 Å². The van der Waals surface area contributed by atoms with E-state index >= 15 is 0 Å². The molecule has 5 heteroatoms. The summed E-state index contributed by atoms with van der Waals surface area (Å²) in [5.74, 6) is 0.689. The Kier molecular flexibility index (Phi) is 9.17. The van der Waals surface area contributed by atoms with Crippen LogP contribution in [0, 0.1) is 6.92 Å². The van der Waals surface area contributed by atoms with Crippen molar-refractivity contribution in [2.24, 2.45) is 0 Å². The SMILES string of the molecule is CCOC(OCC)c1cc(C)cc(C(OCC)OCC)c1OC. The van der Waals surface area contributed by atoms with Crippen LogP contribution in [0.25, 0.3) is 0 Å². The van der Waals surface area contributed by atoms with Crippen molar-refractivity contribution in [3.8, 4) is 5.75 Å². The normalized spacial score (nSPS) is 11.5. The monoisotopic (exact) mass is 326 g/mol. The number of ether oxygens (including phenoxy) is 5. The lowest BCUT2D eigenvalue weighted by Gasteiger charge is -2.25. The molecule has 1 rings (SSSR count). The van der Waals surface area contributed by atoms with Gasteiger partial charge in [0.05, 0.1) is 18.2 Å². The largest absolute Gasteiger partial charge is 0.496 e. The highest BCUT2D eigenvalue weighted by atomic mass is 16.7. The average molecular weight is 326 g/mol. The molecule has 0 atom stereocenters. The van der Waals surface area contributed by atoms with Crippen LogP contribution in [0.4, 0.5) is 0 Å². The maximum atomic E-state index is 5.74. The smallest absolute Gasteiger partial charge is 0.187 e. The van der Waals surface area contributed by atoms with Gasteiger partial charge in [0.25, 0.3) is 0 Å². The van der Waals surface area contributed by atoms with Crippen LogP contribution in [0.1, 0.15) is 57.0 Å². The summed E-state index contributed by atoms with van der Waals surface area (Å²) in [5, 5.41) is 0. The molecule has 0 heterocycles. The molecule has 0 spiro atoms. The van der Waals surface area contributed by atoms with Crippen LogP contribution in [-0.4, -0.2) is 33.5 Å². The third-order valence-electron chi connectivity index (χ3n) is 3.27. The first kappa shape index (κ1) is 19.9. The molecule has 5 nitrogen and oxygen atoms in total. The lowest BCUT2D eigenvalue weighted by molar-refractivity contribution is -0.145. The molecule has 1 aromatic carbocycles. The van der Waals surface area contributed by atoms with E-state index in [-0.39, 0.29) is 0 Å². The molecule has 0 fully saturated rings. The predicted octanol–water partition coefficient (Wildman–Crippen LogP) is 4.15. The third-order valence-corrected chi connectivity index (χ3v) is 3.27. The first-order valence-corrected chi connectivity index (χ1v) is 8.27. The minimum Gasteiger partial charge on any atom is -0.496 e. The number of methoxy groups -OCH3 is 1. The summed E-state index contributed by atoms with van der Waals surface area (Å²) >= 11 is 0. The van der Waals surface area contributed by atoms with Crippen LogP contribution in [0.5, 0.6) is 5.75 Å². The highest BCUT2D eigenvalue weighted by Crippen LogP contribution is 2.37. The van der Waals surface area contributed by atoms with Gasteiger partial charge < -0.3 is 23.7 Å². The first-order valence-electron chi connectivity index (χ1n) is 8.27. The maximum Gasteiger partial charge on any atom is 0.187 e. The zero-order valence-electron chi connectivity index (χ0n) is 15.2. The Balaban J connectivity index is 3.35. The Bertz CT molecular complexity index is 412. The van der Waals surface area contributed by atoms with Crippen LogP contribution >= 0.6 is 0 Å². The lowest BCUT2D eigenvalue weighted by Crippen LogP contribution is -2.15. The van der Waals surface area contributed by atoms with E-state index in [0.717, 1.165) is 16.7 Å². The summed E-state index contributed by atoms with van der Waals surface area (Å²) in [5.41, 5.74) is 2.79. The summed E-state index contributed by atoms with van der Waals surface area (Å²) in [6.45, 7) is 12.0. The molecule has 0 bridgehead atoms. The van der Waals surface area contributed by atoms with Gasteiger partial charge in [-0.3, -0.25) is 0 Å². The second-order valence-electron chi connectivity index (χ2n) is 4.96. The van der Waals surface area contributed by atoms with Crippen LogP contribution in [0.15, 0.2) is 12.1 Å². The van der Waals surface area contributed by atoms with Crippen molar-refractivity contribution in [3.63, 3.8) is 0 Å². The van der Waals surface area contributed by atoms with Gasteiger partial charge in [0, 0.05) is 26.4 Å². The molecule has 0 aromatic heterocycles. The number of hydrogen-bond acceptors (Lipinski definition) is 5. The van der Waals surface area contributed by atoms with Crippen LogP contribution in [-0.2, 0) is 18.9 Å². The van der Waals surface area contributed by atoms with E-state index in [1.807, 2.05) is 46.8 Å². The molecule has 0 saturated heterocycles. The van der Waals surface area contributed by atoms with E-state index < -0.39 is 12.6 Å². The van der Waals surface area contributed by atoms with Gasteiger partial charge in [0.2, 0.25) is 0 Å². The molecule has 0 saturated carbocycles. The molecule has 23 heavy (non-hydrogen) atoms. The average Bonchev–Trinajstić information content (AvgIpc) is 2.53. The highest BCUT2D eigenvalue weighted by molar-refractivity contribution is 5.46. The second-order valence-corrected chi connectivity index (χ2v) is 4.96. The molecular formula is C18H30O5. The van der Waals surface area contributed by atoms with Crippen LogP contribution in [0.3, 0.4) is 0 Å². The van der Waals surface area contributed by atoms with E-state index in [0.29, 0.717) is 32.2 Å². The Labute approximate surface area is 139 Å². The minimum absolute atomic E-state index is 0.470. The fourth-order valence-corrected chi connectivity index (χ4v) is 2.48. The Morgan fingerprint density at radius 3 is 1.35 bits per heavy atom. The molecule has 0 amide bonds. The van der Waals surface area contributed by atoms with Crippen molar-refractivity contribution in [3.05, 3.63) is 28.8 Å². The van der Waals surface area contributed by atoms with Crippen molar-refractivity contribution in [2.45, 2.75) is 47.2 Å². The molecular weight excluding hydrogens is 296 g/mol. The third kappa shape index (κ3) is 5.46. The van der Waals surface area contributed by atoms with E-state index in [4.69, 9.17) is 23.7 Å². The molecule has 0 unspecified atom stereocenters. The second kappa shape index (κ2) is 10.6. The van der Waals surface area contributed by atoms with Gasteiger partial charge in [-0.05, 0) is 52.3 Å². The number of benzene rings is 1. The Morgan fingerprint density at radius 1 is 0.739 bits per heavy atom. The highest BCUT2D eigenvalue weighted by Gasteiger charge is 2.25. The molecule has 0 aliphatic heterocycles.